The topological polar surface area (TPSA) is 65.7 Å². The minimum atomic E-state index is 0.799. The molecule has 1 aromatic carbocycles. The summed E-state index contributed by atoms with van der Waals surface area (Å²) >= 11 is 0. The lowest BCUT2D eigenvalue weighted by molar-refractivity contribution is 0.415. The molecule has 0 aliphatic rings. The number of aromatic amines is 2. The van der Waals surface area contributed by atoms with Crippen molar-refractivity contribution in [2.75, 3.05) is 13.7 Å². The molecule has 128 valence electrons. The second-order valence-electron chi connectivity index (χ2n) is 6.18. The van der Waals surface area contributed by atoms with Crippen molar-refractivity contribution in [2.24, 2.45) is 0 Å². The highest BCUT2D eigenvalue weighted by molar-refractivity contribution is 5.86. The minimum Gasteiger partial charge on any atom is -0.497 e. The molecule has 2 heterocycles. The fraction of sp³-hybridized carbons (Fsp3) is 0.421. The molecule has 24 heavy (non-hydrogen) atoms. The smallest absolute Gasteiger partial charge is 0.119 e. The molecule has 0 unspecified atom stereocenters. The van der Waals surface area contributed by atoms with Gasteiger partial charge in [-0.05, 0) is 50.6 Å². The van der Waals surface area contributed by atoms with E-state index in [1.165, 1.54) is 22.2 Å². The fourth-order valence-electron chi connectivity index (χ4n) is 3.13. The van der Waals surface area contributed by atoms with Crippen molar-refractivity contribution < 1.29 is 4.74 Å². The van der Waals surface area contributed by atoms with Crippen LogP contribution in [0.5, 0.6) is 5.75 Å². The summed E-state index contributed by atoms with van der Waals surface area (Å²) in [6, 6.07) is 6.18. The number of rotatable bonds is 7. The average Bonchev–Trinajstić information content (AvgIpc) is 3.10. The number of aryl methyl sites for hydroxylation is 3. The Morgan fingerprint density at radius 1 is 1.17 bits per heavy atom. The Kier molecular flexibility index (Phi) is 4.90. The van der Waals surface area contributed by atoms with Crippen molar-refractivity contribution >= 4 is 10.9 Å². The van der Waals surface area contributed by atoms with Crippen molar-refractivity contribution in [3.63, 3.8) is 0 Å². The lowest BCUT2D eigenvalue weighted by atomic mass is 10.1. The second-order valence-corrected chi connectivity index (χ2v) is 6.18. The third kappa shape index (κ3) is 3.31. The molecule has 3 rings (SSSR count). The molecule has 0 atom stereocenters. The first kappa shape index (κ1) is 16.6. The Bertz CT molecular complexity index is 831. The minimum absolute atomic E-state index is 0.799. The van der Waals surface area contributed by atoms with Gasteiger partial charge in [0.2, 0.25) is 0 Å². The molecule has 2 aromatic heterocycles. The van der Waals surface area contributed by atoms with Crippen molar-refractivity contribution in [1.29, 1.82) is 0 Å². The lowest BCUT2D eigenvalue weighted by Gasteiger charge is -2.05. The predicted octanol–water partition coefficient (Wildman–Crippen LogP) is 3.41. The Labute approximate surface area is 142 Å². The first-order chi connectivity index (χ1) is 11.6. The first-order valence-electron chi connectivity index (χ1n) is 8.52. The van der Waals surface area contributed by atoms with Gasteiger partial charge in [0.25, 0.3) is 0 Å². The zero-order chi connectivity index (χ0) is 17.1. The van der Waals surface area contributed by atoms with Crippen LogP contribution in [0.2, 0.25) is 0 Å². The molecule has 5 nitrogen and oxygen atoms in total. The van der Waals surface area contributed by atoms with Gasteiger partial charge in [0.15, 0.2) is 0 Å². The Morgan fingerprint density at radius 2 is 2.00 bits per heavy atom. The summed E-state index contributed by atoms with van der Waals surface area (Å²) in [5.41, 5.74) is 6.02. The number of hydrogen-bond donors (Lipinski definition) is 3. The third-order valence-corrected chi connectivity index (χ3v) is 4.54. The third-order valence-electron chi connectivity index (χ3n) is 4.54. The largest absolute Gasteiger partial charge is 0.497 e. The number of imidazole rings is 1. The number of benzene rings is 1. The molecule has 0 aliphatic heterocycles. The SMILES string of the molecule is CCc1nc(CNCCc2c(C)[nH]c3ccc(OC)cc23)c(C)[nH]1. The van der Waals surface area contributed by atoms with Crippen molar-refractivity contribution in [2.45, 2.75) is 40.2 Å². The highest BCUT2D eigenvalue weighted by Crippen LogP contribution is 2.26. The van der Waals surface area contributed by atoms with E-state index in [0.29, 0.717) is 0 Å². The molecule has 0 radical (unpaired) electrons. The van der Waals surface area contributed by atoms with Gasteiger partial charge >= 0.3 is 0 Å². The van der Waals surface area contributed by atoms with Gasteiger partial charge < -0.3 is 20.0 Å². The van der Waals surface area contributed by atoms with E-state index in [4.69, 9.17) is 4.74 Å². The van der Waals surface area contributed by atoms with E-state index >= 15 is 0 Å². The lowest BCUT2D eigenvalue weighted by Crippen LogP contribution is -2.17. The van der Waals surface area contributed by atoms with E-state index in [-0.39, 0.29) is 0 Å². The van der Waals surface area contributed by atoms with Gasteiger partial charge in [-0.15, -0.1) is 0 Å². The standard InChI is InChI=1S/C19H26N4O/c1-5-19-22-13(3)18(23-19)11-20-9-8-15-12(2)21-17-7-6-14(24-4)10-16(15)17/h6-7,10,20-21H,5,8-9,11H2,1-4H3,(H,22,23). The van der Waals surface area contributed by atoms with Gasteiger partial charge in [0, 0.05) is 35.3 Å². The maximum Gasteiger partial charge on any atom is 0.119 e. The fourth-order valence-corrected chi connectivity index (χ4v) is 3.13. The highest BCUT2D eigenvalue weighted by Gasteiger charge is 2.10. The van der Waals surface area contributed by atoms with E-state index in [1.54, 1.807) is 7.11 Å². The van der Waals surface area contributed by atoms with Gasteiger partial charge in [-0.2, -0.15) is 0 Å². The van der Waals surface area contributed by atoms with Crippen LogP contribution in [0.4, 0.5) is 0 Å². The molecule has 5 heteroatoms. The number of ether oxygens (including phenoxy) is 1. The number of fused-ring (bicyclic) bond motifs is 1. The zero-order valence-corrected chi connectivity index (χ0v) is 14.9. The summed E-state index contributed by atoms with van der Waals surface area (Å²) in [5, 5.41) is 4.76. The van der Waals surface area contributed by atoms with Crippen LogP contribution in [0, 0.1) is 13.8 Å². The summed E-state index contributed by atoms with van der Waals surface area (Å²) in [4.78, 5) is 11.4. The number of H-pyrrole nitrogens is 2. The Morgan fingerprint density at radius 3 is 2.71 bits per heavy atom. The summed E-state index contributed by atoms with van der Waals surface area (Å²) < 4.78 is 5.35. The molecule has 0 saturated carbocycles. The van der Waals surface area contributed by atoms with Gasteiger partial charge in [-0.1, -0.05) is 6.92 Å². The molecular weight excluding hydrogens is 300 g/mol. The van der Waals surface area contributed by atoms with Gasteiger partial charge in [-0.3, -0.25) is 0 Å². The van der Waals surface area contributed by atoms with E-state index in [2.05, 4.69) is 53.2 Å². The van der Waals surface area contributed by atoms with Gasteiger partial charge in [0.1, 0.15) is 11.6 Å². The maximum atomic E-state index is 5.35. The van der Waals surface area contributed by atoms with Crippen molar-refractivity contribution in [3.8, 4) is 5.75 Å². The van der Waals surface area contributed by atoms with Gasteiger partial charge in [-0.25, -0.2) is 4.98 Å². The van der Waals surface area contributed by atoms with E-state index < -0.39 is 0 Å². The summed E-state index contributed by atoms with van der Waals surface area (Å²) in [5.74, 6) is 1.96. The molecule has 0 spiro atoms. The van der Waals surface area contributed by atoms with Crippen LogP contribution in [-0.4, -0.2) is 28.6 Å². The molecule has 0 fully saturated rings. The Hall–Kier alpha value is -2.27. The van der Waals surface area contributed by atoms with Gasteiger partial charge in [0.05, 0.1) is 12.8 Å². The van der Waals surface area contributed by atoms with Crippen LogP contribution in [0.3, 0.4) is 0 Å². The number of aromatic nitrogens is 3. The number of nitrogens with one attached hydrogen (secondary N) is 3. The molecule has 0 bridgehead atoms. The molecule has 0 amide bonds. The number of methoxy groups -OCH3 is 1. The van der Waals surface area contributed by atoms with E-state index in [9.17, 15) is 0 Å². The summed E-state index contributed by atoms with van der Waals surface area (Å²) in [6.07, 6.45) is 1.92. The first-order valence-corrected chi connectivity index (χ1v) is 8.52. The zero-order valence-electron chi connectivity index (χ0n) is 14.9. The second kappa shape index (κ2) is 7.09. The average molecular weight is 326 g/mol. The maximum absolute atomic E-state index is 5.35. The number of hydrogen-bond acceptors (Lipinski definition) is 3. The van der Waals surface area contributed by atoms with Crippen LogP contribution >= 0.6 is 0 Å². The molecule has 0 aliphatic carbocycles. The van der Waals surface area contributed by atoms with Crippen molar-refractivity contribution in [3.05, 3.63) is 46.7 Å². The quantitative estimate of drug-likeness (QED) is 0.583. The van der Waals surface area contributed by atoms with Crippen LogP contribution < -0.4 is 10.1 Å². The molecule has 3 aromatic rings. The molecular formula is C19H26N4O. The van der Waals surface area contributed by atoms with Crippen molar-refractivity contribution in [1.82, 2.24) is 20.3 Å². The van der Waals surface area contributed by atoms with Crippen LogP contribution in [0.15, 0.2) is 18.2 Å². The predicted molar refractivity (Wildman–Crippen MR) is 97.7 cm³/mol. The molecule has 0 saturated heterocycles. The normalized spacial score (nSPS) is 11.3. The summed E-state index contributed by atoms with van der Waals surface area (Å²) in [7, 11) is 1.71. The monoisotopic (exact) mass is 326 g/mol. The van der Waals surface area contributed by atoms with E-state index in [0.717, 1.165) is 48.9 Å². The number of nitrogens with zero attached hydrogens (tertiary/aromatic N) is 1. The van der Waals surface area contributed by atoms with Crippen LogP contribution in [0.25, 0.3) is 10.9 Å². The molecule has 3 N–H and O–H groups in total. The summed E-state index contributed by atoms with van der Waals surface area (Å²) in [6.45, 7) is 8.04. The van der Waals surface area contributed by atoms with E-state index in [1.807, 2.05) is 6.07 Å². The highest BCUT2D eigenvalue weighted by atomic mass is 16.5. The van der Waals surface area contributed by atoms with Crippen LogP contribution in [0.1, 0.15) is 35.4 Å². The Balaban J connectivity index is 1.65. The van der Waals surface area contributed by atoms with Crippen LogP contribution in [-0.2, 0) is 19.4 Å².